The lowest BCUT2D eigenvalue weighted by Crippen LogP contribution is -1.95. The highest BCUT2D eigenvalue weighted by molar-refractivity contribution is 6.29. The summed E-state index contributed by atoms with van der Waals surface area (Å²) in [5, 5.41) is 0.359. The molecule has 0 amide bonds. The number of aromatic nitrogens is 1. The molecule has 0 saturated carbocycles. The van der Waals surface area contributed by atoms with Crippen molar-refractivity contribution in [3.05, 3.63) is 47.1 Å². The molecule has 0 saturated heterocycles. The van der Waals surface area contributed by atoms with Gasteiger partial charge in [0.25, 0.3) is 0 Å². The van der Waals surface area contributed by atoms with E-state index in [1.165, 1.54) is 5.56 Å². The lowest BCUT2D eigenvalue weighted by Gasteiger charge is -2.09. The number of ether oxygens (including phenoxy) is 1. The molecule has 1 aromatic heterocycles. The van der Waals surface area contributed by atoms with Crippen molar-refractivity contribution in [2.45, 2.75) is 19.8 Å². The van der Waals surface area contributed by atoms with E-state index in [2.05, 4.69) is 18.8 Å². The van der Waals surface area contributed by atoms with Gasteiger partial charge in [0.15, 0.2) is 0 Å². The summed E-state index contributed by atoms with van der Waals surface area (Å²) in [6.07, 6.45) is 0. The fourth-order valence-corrected chi connectivity index (χ4v) is 1.68. The van der Waals surface area contributed by atoms with Gasteiger partial charge < -0.3 is 10.5 Å². The number of benzene rings is 1. The van der Waals surface area contributed by atoms with E-state index >= 15 is 0 Å². The lowest BCUT2D eigenvalue weighted by atomic mass is 10.0. The molecular weight excluding hydrogens is 248 g/mol. The van der Waals surface area contributed by atoms with Crippen LogP contribution >= 0.6 is 11.6 Å². The molecule has 18 heavy (non-hydrogen) atoms. The largest absolute Gasteiger partial charge is 0.437 e. The maximum absolute atomic E-state index is 5.80. The van der Waals surface area contributed by atoms with Crippen LogP contribution in [0.15, 0.2) is 36.4 Å². The summed E-state index contributed by atoms with van der Waals surface area (Å²) >= 11 is 5.80. The third kappa shape index (κ3) is 2.93. The van der Waals surface area contributed by atoms with Gasteiger partial charge in [-0.15, -0.1) is 0 Å². The van der Waals surface area contributed by atoms with Gasteiger partial charge in [-0.05, 0) is 35.7 Å². The standard InChI is InChI=1S/C14H15ClN2O/c1-9(2)10-3-5-11(6-4-10)18-14-12(16)7-8-13(15)17-14/h3-9H,16H2,1-2H3. The third-order valence-electron chi connectivity index (χ3n) is 2.62. The van der Waals surface area contributed by atoms with Crippen LogP contribution in [0, 0.1) is 0 Å². The molecule has 0 aliphatic heterocycles. The van der Waals surface area contributed by atoms with E-state index in [-0.39, 0.29) is 0 Å². The number of nitrogen functional groups attached to an aromatic ring is 1. The van der Waals surface area contributed by atoms with Crippen molar-refractivity contribution in [1.82, 2.24) is 4.98 Å². The number of nitrogens with two attached hydrogens (primary N) is 1. The molecule has 3 nitrogen and oxygen atoms in total. The summed E-state index contributed by atoms with van der Waals surface area (Å²) in [5.41, 5.74) is 7.49. The van der Waals surface area contributed by atoms with Gasteiger partial charge in [-0.2, -0.15) is 4.98 Å². The normalized spacial score (nSPS) is 10.7. The Balaban J connectivity index is 2.21. The van der Waals surface area contributed by atoms with Crippen molar-refractivity contribution < 1.29 is 4.74 Å². The van der Waals surface area contributed by atoms with Crippen molar-refractivity contribution in [3.63, 3.8) is 0 Å². The van der Waals surface area contributed by atoms with Crippen LogP contribution in [0.3, 0.4) is 0 Å². The molecule has 2 aromatic rings. The van der Waals surface area contributed by atoms with Crippen LogP contribution in [0.25, 0.3) is 0 Å². The Bertz CT molecular complexity index is 538. The van der Waals surface area contributed by atoms with Crippen LogP contribution in [-0.4, -0.2) is 4.98 Å². The minimum Gasteiger partial charge on any atom is -0.437 e. The van der Waals surface area contributed by atoms with Crippen molar-refractivity contribution in [1.29, 1.82) is 0 Å². The van der Waals surface area contributed by atoms with Crippen LogP contribution in [0.5, 0.6) is 11.6 Å². The van der Waals surface area contributed by atoms with Crippen molar-refractivity contribution in [2.75, 3.05) is 5.73 Å². The van der Waals surface area contributed by atoms with Crippen LogP contribution in [0.1, 0.15) is 25.3 Å². The number of rotatable bonds is 3. The van der Waals surface area contributed by atoms with Crippen LogP contribution in [0.2, 0.25) is 5.15 Å². The first-order valence-electron chi connectivity index (χ1n) is 5.76. The van der Waals surface area contributed by atoms with Gasteiger partial charge >= 0.3 is 0 Å². The first kappa shape index (κ1) is 12.7. The zero-order chi connectivity index (χ0) is 13.1. The van der Waals surface area contributed by atoms with E-state index < -0.39 is 0 Å². The Morgan fingerprint density at radius 2 is 1.78 bits per heavy atom. The Hall–Kier alpha value is -1.74. The van der Waals surface area contributed by atoms with Crippen LogP contribution in [-0.2, 0) is 0 Å². The fraction of sp³-hybridized carbons (Fsp3) is 0.214. The van der Waals surface area contributed by atoms with E-state index in [1.807, 2.05) is 24.3 Å². The smallest absolute Gasteiger partial charge is 0.244 e. The topological polar surface area (TPSA) is 48.1 Å². The predicted molar refractivity (Wildman–Crippen MR) is 74.3 cm³/mol. The number of nitrogens with zero attached hydrogens (tertiary/aromatic N) is 1. The molecule has 0 bridgehead atoms. The SMILES string of the molecule is CC(C)c1ccc(Oc2nc(Cl)ccc2N)cc1. The molecule has 0 aliphatic carbocycles. The zero-order valence-electron chi connectivity index (χ0n) is 10.4. The predicted octanol–water partition coefficient (Wildman–Crippen LogP) is 4.23. The van der Waals surface area contributed by atoms with Gasteiger partial charge in [-0.25, -0.2) is 0 Å². The van der Waals surface area contributed by atoms with Gasteiger partial charge in [-0.3, -0.25) is 0 Å². The minimum absolute atomic E-state index is 0.333. The van der Waals surface area contributed by atoms with Gasteiger partial charge in [0.05, 0.1) is 5.69 Å². The zero-order valence-corrected chi connectivity index (χ0v) is 11.1. The summed E-state index contributed by atoms with van der Waals surface area (Å²) in [7, 11) is 0. The molecule has 1 heterocycles. The molecule has 94 valence electrons. The quantitative estimate of drug-likeness (QED) is 0.842. The Morgan fingerprint density at radius 3 is 2.39 bits per heavy atom. The monoisotopic (exact) mass is 262 g/mol. The molecule has 0 atom stereocenters. The average Bonchev–Trinajstić information content (AvgIpc) is 2.34. The van der Waals surface area contributed by atoms with E-state index in [0.29, 0.717) is 28.4 Å². The second-order valence-corrected chi connectivity index (χ2v) is 4.74. The summed E-state index contributed by atoms with van der Waals surface area (Å²) in [6.45, 7) is 4.29. The van der Waals surface area contributed by atoms with Crippen LogP contribution in [0.4, 0.5) is 5.69 Å². The van der Waals surface area contributed by atoms with Gasteiger partial charge in [0.1, 0.15) is 10.9 Å². The summed E-state index contributed by atoms with van der Waals surface area (Å²) in [4.78, 5) is 4.04. The minimum atomic E-state index is 0.333. The molecule has 1 aromatic carbocycles. The summed E-state index contributed by atoms with van der Waals surface area (Å²) < 4.78 is 5.60. The number of hydrogen-bond donors (Lipinski definition) is 1. The summed E-state index contributed by atoms with van der Waals surface area (Å²) in [5.74, 6) is 1.52. The molecule has 0 aliphatic rings. The highest BCUT2D eigenvalue weighted by atomic mass is 35.5. The molecule has 4 heteroatoms. The van der Waals surface area contributed by atoms with Crippen molar-refractivity contribution >= 4 is 17.3 Å². The first-order chi connectivity index (χ1) is 8.56. The van der Waals surface area contributed by atoms with Crippen LogP contribution < -0.4 is 10.5 Å². The van der Waals surface area contributed by atoms with Crippen molar-refractivity contribution in [2.24, 2.45) is 0 Å². The van der Waals surface area contributed by atoms with E-state index in [4.69, 9.17) is 22.1 Å². The van der Waals surface area contributed by atoms with Gasteiger partial charge in [-0.1, -0.05) is 37.6 Å². The molecule has 2 rings (SSSR count). The maximum Gasteiger partial charge on any atom is 0.244 e. The van der Waals surface area contributed by atoms with Gasteiger partial charge in [0.2, 0.25) is 5.88 Å². The van der Waals surface area contributed by atoms with E-state index in [9.17, 15) is 0 Å². The molecule has 0 unspecified atom stereocenters. The number of pyridine rings is 1. The first-order valence-corrected chi connectivity index (χ1v) is 6.14. The number of hydrogen-bond acceptors (Lipinski definition) is 3. The van der Waals surface area contributed by atoms with Gasteiger partial charge in [0, 0.05) is 0 Å². The molecule has 0 radical (unpaired) electrons. The average molecular weight is 263 g/mol. The highest BCUT2D eigenvalue weighted by Gasteiger charge is 2.05. The Morgan fingerprint density at radius 1 is 1.11 bits per heavy atom. The number of halogens is 1. The second-order valence-electron chi connectivity index (χ2n) is 4.35. The fourth-order valence-electron chi connectivity index (χ4n) is 1.54. The Kier molecular flexibility index (Phi) is 3.72. The van der Waals surface area contributed by atoms with E-state index in [1.54, 1.807) is 12.1 Å². The Labute approximate surface area is 112 Å². The summed E-state index contributed by atoms with van der Waals surface area (Å²) in [6, 6.07) is 11.2. The molecule has 0 spiro atoms. The molecule has 0 fully saturated rings. The van der Waals surface area contributed by atoms with Crippen molar-refractivity contribution in [3.8, 4) is 11.6 Å². The lowest BCUT2D eigenvalue weighted by molar-refractivity contribution is 0.465. The molecular formula is C14H15ClN2O. The number of anilines is 1. The highest BCUT2D eigenvalue weighted by Crippen LogP contribution is 2.27. The maximum atomic E-state index is 5.80. The molecule has 2 N–H and O–H groups in total. The third-order valence-corrected chi connectivity index (χ3v) is 2.83. The second kappa shape index (κ2) is 5.27. The van der Waals surface area contributed by atoms with E-state index in [0.717, 1.165) is 0 Å².